The standard InChI is InChI=1S/C20H25NOS/c1-3-22-14-10-5-4-7-13-18-15-21(2)16-19(20(18)23)17-11-8-6-9-12-17/h4,6-9,11-12,15-16H,3,5,10,13-14H2,1-2H3. The Morgan fingerprint density at radius 3 is 2.65 bits per heavy atom. The predicted molar refractivity (Wildman–Crippen MR) is 100 cm³/mol. The Kier molecular flexibility index (Phi) is 7.24. The number of benzene rings is 1. The van der Waals surface area contributed by atoms with Crippen molar-refractivity contribution in [3.63, 3.8) is 0 Å². The number of hydrogen-bond donors (Lipinski definition) is 0. The van der Waals surface area contributed by atoms with Gasteiger partial charge in [0.1, 0.15) is 0 Å². The number of rotatable bonds is 8. The van der Waals surface area contributed by atoms with E-state index in [0.29, 0.717) is 0 Å². The van der Waals surface area contributed by atoms with Gasteiger partial charge in [-0.3, -0.25) is 0 Å². The molecule has 0 aliphatic heterocycles. The number of aromatic nitrogens is 1. The summed E-state index contributed by atoms with van der Waals surface area (Å²) in [5.41, 5.74) is 3.51. The van der Waals surface area contributed by atoms with Gasteiger partial charge in [-0.1, -0.05) is 54.7 Å². The summed E-state index contributed by atoms with van der Waals surface area (Å²) in [6.45, 7) is 3.66. The maximum Gasteiger partial charge on any atom is 0.0519 e. The van der Waals surface area contributed by atoms with Gasteiger partial charge >= 0.3 is 0 Å². The maximum atomic E-state index is 5.70. The van der Waals surface area contributed by atoms with E-state index in [-0.39, 0.29) is 0 Å². The van der Waals surface area contributed by atoms with Crippen LogP contribution in [0.15, 0.2) is 54.9 Å². The first-order valence-corrected chi connectivity index (χ1v) is 8.60. The quantitative estimate of drug-likeness (QED) is 0.369. The van der Waals surface area contributed by atoms with E-state index >= 15 is 0 Å². The highest BCUT2D eigenvalue weighted by atomic mass is 32.1. The first-order chi connectivity index (χ1) is 11.2. The summed E-state index contributed by atoms with van der Waals surface area (Å²) < 4.78 is 8.39. The molecule has 0 saturated carbocycles. The lowest BCUT2D eigenvalue weighted by Gasteiger charge is -2.09. The van der Waals surface area contributed by atoms with Gasteiger partial charge in [-0.15, -0.1) is 0 Å². The van der Waals surface area contributed by atoms with Crippen molar-refractivity contribution in [1.29, 1.82) is 0 Å². The predicted octanol–water partition coefficient (Wildman–Crippen LogP) is 5.34. The number of ether oxygens (including phenoxy) is 1. The van der Waals surface area contributed by atoms with Gasteiger partial charge in [0.25, 0.3) is 0 Å². The number of aryl methyl sites for hydroxylation is 1. The minimum Gasteiger partial charge on any atom is -0.382 e. The molecule has 0 atom stereocenters. The zero-order valence-corrected chi connectivity index (χ0v) is 14.8. The SMILES string of the molecule is CCOCCCC=CCc1cn(C)cc(-c2ccccc2)c1=S. The molecule has 0 aliphatic carbocycles. The van der Waals surface area contributed by atoms with Crippen molar-refractivity contribution < 1.29 is 4.74 Å². The van der Waals surface area contributed by atoms with Crippen molar-refractivity contribution in [1.82, 2.24) is 4.57 Å². The summed E-state index contributed by atoms with van der Waals surface area (Å²) in [5, 5.41) is 0. The smallest absolute Gasteiger partial charge is 0.0519 e. The third-order valence-electron chi connectivity index (χ3n) is 3.68. The Morgan fingerprint density at radius 1 is 1.13 bits per heavy atom. The molecule has 0 N–H and O–H groups in total. The van der Waals surface area contributed by atoms with Crippen LogP contribution in [0.4, 0.5) is 0 Å². The van der Waals surface area contributed by atoms with Crippen LogP contribution in [-0.4, -0.2) is 17.8 Å². The molecular formula is C20H25NOS. The van der Waals surface area contributed by atoms with E-state index in [4.69, 9.17) is 17.0 Å². The van der Waals surface area contributed by atoms with Crippen LogP contribution in [0.2, 0.25) is 0 Å². The van der Waals surface area contributed by atoms with Crippen LogP contribution >= 0.6 is 12.2 Å². The Labute approximate surface area is 144 Å². The van der Waals surface area contributed by atoms with Crippen LogP contribution in [0.3, 0.4) is 0 Å². The molecular weight excluding hydrogens is 302 g/mol. The van der Waals surface area contributed by atoms with Gasteiger partial charge < -0.3 is 9.30 Å². The van der Waals surface area contributed by atoms with Crippen molar-refractivity contribution in [2.45, 2.75) is 26.2 Å². The van der Waals surface area contributed by atoms with E-state index in [0.717, 1.165) is 42.5 Å². The Balaban J connectivity index is 2.07. The summed E-state index contributed by atoms with van der Waals surface area (Å²) in [6, 6.07) is 10.3. The van der Waals surface area contributed by atoms with E-state index in [1.54, 1.807) is 0 Å². The lowest BCUT2D eigenvalue weighted by Crippen LogP contribution is -1.97. The third kappa shape index (κ3) is 5.45. The average molecular weight is 327 g/mol. The van der Waals surface area contributed by atoms with Gasteiger partial charge in [-0.25, -0.2) is 0 Å². The largest absolute Gasteiger partial charge is 0.382 e. The highest BCUT2D eigenvalue weighted by Gasteiger charge is 2.04. The fraction of sp³-hybridized carbons (Fsp3) is 0.350. The van der Waals surface area contributed by atoms with Crippen LogP contribution < -0.4 is 0 Å². The summed E-state index contributed by atoms with van der Waals surface area (Å²) >= 11 is 5.70. The normalized spacial score (nSPS) is 11.2. The topological polar surface area (TPSA) is 14.2 Å². The second-order valence-electron chi connectivity index (χ2n) is 5.57. The molecule has 0 unspecified atom stereocenters. The molecule has 1 aromatic heterocycles. The Morgan fingerprint density at radius 2 is 1.91 bits per heavy atom. The fourth-order valence-corrected chi connectivity index (χ4v) is 2.83. The number of hydrogen-bond acceptors (Lipinski definition) is 2. The van der Waals surface area contributed by atoms with E-state index in [2.05, 4.69) is 60.4 Å². The molecule has 1 aromatic carbocycles. The molecule has 0 fully saturated rings. The third-order valence-corrected chi connectivity index (χ3v) is 4.16. The molecule has 0 spiro atoms. The monoisotopic (exact) mass is 327 g/mol. The van der Waals surface area contributed by atoms with Crippen molar-refractivity contribution in [3.05, 3.63) is 65.0 Å². The lowest BCUT2D eigenvalue weighted by molar-refractivity contribution is 0.145. The van der Waals surface area contributed by atoms with Crippen LogP contribution in [0.25, 0.3) is 11.1 Å². The molecule has 2 aromatic rings. The van der Waals surface area contributed by atoms with Gasteiger partial charge in [0, 0.05) is 38.2 Å². The van der Waals surface area contributed by atoms with Crippen LogP contribution in [0, 0.1) is 4.51 Å². The summed E-state index contributed by atoms with van der Waals surface area (Å²) in [6.07, 6.45) is 11.7. The van der Waals surface area contributed by atoms with Crippen molar-refractivity contribution >= 4 is 12.2 Å². The van der Waals surface area contributed by atoms with Gasteiger partial charge in [-0.05, 0) is 37.3 Å². The molecule has 2 rings (SSSR count). The number of nitrogens with zero attached hydrogens (tertiary/aromatic N) is 1. The number of allylic oxidation sites excluding steroid dienone is 2. The lowest BCUT2D eigenvalue weighted by atomic mass is 10.0. The second-order valence-corrected chi connectivity index (χ2v) is 5.98. The van der Waals surface area contributed by atoms with Crippen molar-refractivity contribution in [2.24, 2.45) is 7.05 Å². The van der Waals surface area contributed by atoms with Gasteiger partial charge in [0.05, 0.1) is 4.51 Å². The highest BCUT2D eigenvalue weighted by molar-refractivity contribution is 7.71. The molecule has 0 aliphatic rings. The summed E-state index contributed by atoms with van der Waals surface area (Å²) in [4.78, 5) is 0. The second kappa shape index (κ2) is 9.43. The van der Waals surface area contributed by atoms with E-state index in [1.807, 2.05) is 13.0 Å². The fourth-order valence-electron chi connectivity index (χ4n) is 2.52. The minimum absolute atomic E-state index is 0.797. The molecule has 0 radical (unpaired) electrons. The molecule has 2 nitrogen and oxygen atoms in total. The van der Waals surface area contributed by atoms with Crippen LogP contribution in [-0.2, 0) is 18.2 Å². The maximum absolute atomic E-state index is 5.70. The number of unbranched alkanes of at least 4 members (excludes halogenated alkanes) is 1. The Bertz CT molecular complexity index is 689. The van der Waals surface area contributed by atoms with Crippen LogP contribution in [0.5, 0.6) is 0 Å². The molecule has 0 amide bonds. The first kappa shape index (κ1) is 17.6. The molecule has 3 heteroatoms. The summed E-state index contributed by atoms with van der Waals surface area (Å²) in [5.74, 6) is 0. The molecule has 0 bridgehead atoms. The van der Waals surface area contributed by atoms with Crippen LogP contribution in [0.1, 0.15) is 25.3 Å². The van der Waals surface area contributed by atoms with E-state index < -0.39 is 0 Å². The Hall–Kier alpha value is -1.71. The van der Waals surface area contributed by atoms with Crippen molar-refractivity contribution in [3.8, 4) is 11.1 Å². The van der Waals surface area contributed by atoms with Gasteiger partial charge in [-0.2, -0.15) is 0 Å². The molecule has 0 saturated heterocycles. The van der Waals surface area contributed by atoms with E-state index in [1.165, 1.54) is 11.1 Å². The van der Waals surface area contributed by atoms with E-state index in [9.17, 15) is 0 Å². The van der Waals surface area contributed by atoms with Crippen molar-refractivity contribution in [2.75, 3.05) is 13.2 Å². The number of pyridine rings is 1. The minimum atomic E-state index is 0.797. The molecule has 122 valence electrons. The average Bonchev–Trinajstić information content (AvgIpc) is 2.57. The van der Waals surface area contributed by atoms with Gasteiger partial charge in [0.2, 0.25) is 0 Å². The molecule has 23 heavy (non-hydrogen) atoms. The first-order valence-electron chi connectivity index (χ1n) is 8.19. The zero-order chi connectivity index (χ0) is 16.5. The summed E-state index contributed by atoms with van der Waals surface area (Å²) in [7, 11) is 2.05. The highest BCUT2D eigenvalue weighted by Crippen LogP contribution is 2.22. The van der Waals surface area contributed by atoms with Gasteiger partial charge in [0.15, 0.2) is 0 Å². The molecule has 1 heterocycles. The zero-order valence-electron chi connectivity index (χ0n) is 14.0.